The van der Waals surface area contributed by atoms with Crippen LogP contribution in [0.5, 0.6) is 5.75 Å². The Hall–Kier alpha value is -2.41. The molecule has 0 aliphatic heterocycles. The standard InChI is InChI=1S/C18H25NO6/c1-4-15(20)7-6-12-19(25-18(22)17(21)24-5-2)13-14-8-10-16(23-3)11-9-14/h8-11H,4-7,12-13H2,1-3H3. The van der Waals surface area contributed by atoms with Crippen LogP contribution in [-0.2, 0) is 30.5 Å². The van der Waals surface area contributed by atoms with Crippen LogP contribution >= 0.6 is 0 Å². The van der Waals surface area contributed by atoms with E-state index < -0.39 is 11.9 Å². The van der Waals surface area contributed by atoms with Crippen LogP contribution in [0.2, 0.25) is 0 Å². The van der Waals surface area contributed by atoms with E-state index in [0.29, 0.717) is 31.6 Å². The summed E-state index contributed by atoms with van der Waals surface area (Å²) < 4.78 is 9.74. The smallest absolute Gasteiger partial charge is 0.436 e. The normalized spacial score (nSPS) is 10.4. The number of ketones is 1. The van der Waals surface area contributed by atoms with Crippen LogP contribution in [0.25, 0.3) is 0 Å². The van der Waals surface area contributed by atoms with Crippen molar-refractivity contribution in [3.63, 3.8) is 0 Å². The predicted octanol–water partition coefficient (Wildman–Crippen LogP) is 2.28. The first-order valence-electron chi connectivity index (χ1n) is 8.28. The molecule has 0 saturated heterocycles. The van der Waals surface area contributed by atoms with Gasteiger partial charge in [-0.1, -0.05) is 19.1 Å². The highest BCUT2D eigenvalue weighted by Gasteiger charge is 2.21. The van der Waals surface area contributed by atoms with Crippen molar-refractivity contribution in [3.8, 4) is 5.75 Å². The van der Waals surface area contributed by atoms with Crippen molar-refractivity contribution in [1.82, 2.24) is 5.06 Å². The zero-order chi connectivity index (χ0) is 18.7. The van der Waals surface area contributed by atoms with Gasteiger partial charge in [-0.25, -0.2) is 9.59 Å². The number of esters is 1. The number of hydroxylamine groups is 2. The first kappa shape index (κ1) is 20.6. The van der Waals surface area contributed by atoms with Crippen molar-refractivity contribution in [3.05, 3.63) is 29.8 Å². The monoisotopic (exact) mass is 351 g/mol. The molecule has 0 atom stereocenters. The molecule has 0 N–H and O–H groups in total. The molecule has 0 heterocycles. The van der Waals surface area contributed by atoms with Crippen molar-refractivity contribution in [2.24, 2.45) is 0 Å². The topological polar surface area (TPSA) is 82.1 Å². The highest BCUT2D eigenvalue weighted by Crippen LogP contribution is 2.14. The lowest BCUT2D eigenvalue weighted by Crippen LogP contribution is -2.32. The molecule has 0 radical (unpaired) electrons. The van der Waals surface area contributed by atoms with Crippen molar-refractivity contribution >= 4 is 17.7 Å². The van der Waals surface area contributed by atoms with E-state index in [4.69, 9.17) is 9.57 Å². The number of rotatable bonds is 10. The maximum atomic E-state index is 11.8. The van der Waals surface area contributed by atoms with Crippen molar-refractivity contribution < 1.29 is 28.7 Å². The number of methoxy groups -OCH3 is 1. The van der Waals surface area contributed by atoms with E-state index in [9.17, 15) is 14.4 Å². The van der Waals surface area contributed by atoms with Gasteiger partial charge in [0.1, 0.15) is 11.5 Å². The number of benzene rings is 1. The van der Waals surface area contributed by atoms with Crippen LogP contribution in [-0.4, -0.2) is 43.0 Å². The summed E-state index contributed by atoms with van der Waals surface area (Å²) in [6.45, 7) is 4.13. The van der Waals surface area contributed by atoms with Crippen LogP contribution in [0.4, 0.5) is 0 Å². The minimum absolute atomic E-state index is 0.0947. The summed E-state index contributed by atoms with van der Waals surface area (Å²) in [5.74, 6) is -1.25. The lowest BCUT2D eigenvalue weighted by atomic mass is 10.1. The number of Topliss-reactive ketones (excluding diaryl/α,β-unsaturated/α-hetero) is 1. The third-order valence-corrected chi connectivity index (χ3v) is 3.43. The predicted molar refractivity (Wildman–Crippen MR) is 90.7 cm³/mol. The Bertz CT molecular complexity index is 569. The number of hydrogen-bond donors (Lipinski definition) is 0. The first-order chi connectivity index (χ1) is 12.0. The molecule has 0 aliphatic carbocycles. The molecule has 0 saturated carbocycles. The van der Waals surface area contributed by atoms with E-state index in [1.165, 1.54) is 5.06 Å². The fourth-order valence-electron chi connectivity index (χ4n) is 2.07. The van der Waals surface area contributed by atoms with Gasteiger partial charge in [0.15, 0.2) is 0 Å². The molecule has 7 heteroatoms. The van der Waals surface area contributed by atoms with E-state index in [0.717, 1.165) is 5.56 Å². The molecule has 1 aromatic carbocycles. The van der Waals surface area contributed by atoms with Gasteiger partial charge in [-0.05, 0) is 31.0 Å². The quantitative estimate of drug-likeness (QED) is 0.363. The zero-order valence-electron chi connectivity index (χ0n) is 14.9. The van der Waals surface area contributed by atoms with E-state index in [-0.39, 0.29) is 18.9 Å². The van der Waals surface area contributed by atoms with Gasteiger partial charge in [0.05, 0.1) is 20.3 Å². The molecule has 138 valence electrons. The number of carbonyl (C=O) groups is 3. The highest BCUT2D eigenvalue weighted by molar-refractivity contribution is 6.29. The van der Waals surface area contributed by atoms with Crippen LogP contribution in [0.3, 0.4) is 0 Å². The first-order valence-corrected chi connectivity index (χ1v) is 8.28. The second-order valence-corrected chi connectivity index (χ2v) is 5.31. The molecule has 0 unspecified atom stereocenters. The van der Waals surface area contributed by atoms with E-state index in [1.807, 2.05) is 12.1 Å². The molecule has 1 aromatic rings. The zero-order valence-corrected chi connectivity index (χ0v) is 14.9. The van der Waals surface area contributed by atoms with Gasteiger partial charge < -0.3 is 14.3 Å². The van der Waals surface area contributed by atoms with E-state index in [2.05, 4.69) is 4.74 Å². The second-order valence-electron chi connectivity index (χ2n) is 5.31. The third-order valence-electron chi connectivity index (χ3n) is 3.43. The van der Waals surface area contributed by atoms with Gasteiger partial charge in [0.2, 0.25) is 0 Å². The summed E-state index contributed by atoms with van der Waals surface area (Å²) >= 11 is 0. The Labute approximate surface area is 147 Å². The average Bonchev–Trinajstić information content (AvgIpc) is 2.62. The summed E-state index contributed by atoms with van der Waals surface area (Å²) in [7, 11) is 1.58. The Morgan fingerprint density at radius 3 is 2.28 bits per heavy atom. The number of hydrogen-bond acceptors (Lipinski definition) is 7. The lowest BCUT2D eigenvalue weighted by molar-refractivity contribution is -0.202. The molecule has 0 spiro atoms. The van der Waals surface area contributed by atoms with Crippen LogP contribution in [0.1, 0.15) is 38.7 Å². The van der Waals surface area contributed by atoms with Gasteiger partial charge in [-0.15, -0.1) is 5.06 Å². The Morgan fingerprint density at radius 1 is 1.04 bits per heavy atom. The number of ether oxygens (including phenoxy) is 2. The van der Waals surface area contributed by atoms with Crippen molar-refractivity contribution in [2.45, 2.75) is 39.7 Å². The van der Waals surface area contributed by atoms with Gasteiger partial charge in [-0.2, -0.15) is 0 Å². The summed E-state index contributed by atoms with van der Waals surface area (Å²) in [5.41, 5.74) is 0.874. The molecule has 0 amide bonds. The largest absolute Gasteiger partial charge is 0.497 e. The number of nitrogens with zero attached hydrogens (tertiary/aromatic N) is 1. The van der Waals surface area contributed by atoms with Gasteiger partial charge in [0, 0.05) is 19.4 Å². The fraction of sp³-hybridized carbons (Fsp3) is 0.500. The van der Waals surface area contributed by atoms with Gasteiger partial charge in [-0.3, -0.25) is 4.79 Å². The third kappa shape index (κ3) is 7.80. The second kappa shape index (κ2) is 11.2. The molecule has 25 heavy (non-hydrogen) atoms. The molecular formula is C18H25NO6. The van der Waals surface area contributed by atoms with E-state index in [1.54, 1.807) is 33.1 Å². The van der Waals surface area contributed by atoms with Gasteiger partial charge in [0.25, 0.3) is 0 Å². The molecule has 1 rings (SSSR count). The minimum atomic E-state index is -1.07. The van der Waals surface area contributed by atoms with E-state index >= 15 is 0 Å². The summed E-state index contributed by atoms with van der Waals surface area (Å²) in [4.78, 5) is 39.8. The Kier molecular flexibility index (Phi) is 9.24. The Balaban J connectivity index is 2.69. The van der Waals surface area contributed by atoms with Crippen molar-refractivity contribution in [1.29, 1.82) is 0 Å². The molecular weight excluding hydrogens is 326 g/mol. The maximum Gasteiger partial charge on any atom is 0.436 e. The van der Waals surface area contributed by atoms with Crippen LogP contribution < -0.4 is 4.74 Å². The molecule has 0 aliphatic rings. The van der Waals surface area contributed by atoms with Crippen LogP contribution in [0, 0.1) is 0 Å². The Morgan fingerprint density at radius 2 is 1.72 bits per heavy atom. The average molecular weight is 351 g/mol. The highest BCUT2D eigenvalue weighted by atomic mass is 16.7. The van der Waals surface area contributed by atoms with Crippen LogP contribution in [0.15, 0.2) is 24.3 Å². The fourth-order valence-corrected chi connectivity index (χ4v) is 2.07. The molecule has 0 fully saturated rings. The van der Waals surface area contributed by atoms with Gasteiger partial charge >= 0.3 is 11.9 Å². The summed E-state index contributed by atoms with van der Waals surface area (Å²) in [6, 6.07) is 7.26. The lowest BCUT2D eigenvalue weighted by Gasteiger charge is -2.20. The summed E-state index contributed by atoms with van der Waals surface area (Å²) in [5, 5.41) is 1.37. The van der Waals surface area contributed by atoms with Crippen molar-refractivity contribution in [2.75, 3.05) is 20.3 Å². The molecule has 0 aromatic heterocycles. The minimum Gasteiger partial charge on any atom is -0.497 e. The number of carbonyl (C=O) groups excluding carboxylic acids is 3. The maximum absolute atomic E-state index is 11.8. The SMILES string of the molecule is CCOC(=O)C(=O)ON(CCCC(=O)CC)Cc1ccc(OC)cc1. The molecule has 0 bridgehead atoms. The molecule has 7 nitrogen and oxygen atoms in total. The summed E-state index contributed by atoms with van der Waals surface area (Å²) in [6.07, 6.45) is 1.40.